The predicted molar refractivity (Wildman–Crippen MR) is 80.0 cm³/mol. The molecule has 1 atom stereocenters. The van der Waals surface area contributed by atoms with Crippen molar-refractivity contribution >= 4 is 33.0 Å². The van der Waals surface area contributed by atoms with Crippen molar-refractivity contribution in [3.05, 3.63) is 50.6 Å². The third kappa shape index (κ3) is 3.59. The molecule has 4 heteroatoms. The topological polar surface area (TPSA) is 35.8 Å². The standard InChI is InChI=1S/C14H13BrN2S/c1-10(4-11-2-3-18-9-11)17-14-6-12(8-16)5-13(15)7-14/h2-3,5-7,9-10,17H,4H2,1H3. The Bertz CT molecular complexity index is 558. The minimum Gasteiger partial charge on any atom is -0.382 e. The van der Waals surface area contributed by atoms with Crippen molar-refractivity contribution in [1.82, 2.24) is 0 Å². The van der Waals surface area contributed by atoms with Crippen molar-refractivity contribution in [2.24, 2.45) is 0 Å². The Morgan fingerprint density at radius 1 is 1.44 bits per heavy atom. The Balaban J connectivity index is 2.05. The number of anilines is 1. The Kier molecular flexibility index (Phi) is 4.40. The molecule has 92 valence electrons. The number of benzene rings is 1. The summed E-state index contributed by atoms with van der Waals surface area (Å²) in [4.78, 5) is 0. The number of hydrogen-bond acceptors (Lipinski definition) is 3. The molecule has 2 aromatic rings. The lowest BCUT2D eigenvalue weighted by Gasteiger charge is -2.15. The molecule has 0 aliphatic rings. The van der Waals surface area contributed by atoms with Gasteiger partial charge in [0.2, 0.25) is 0 Å². The van der Waals surface area contributed by atoms with E-state index in [0.717, 1.165) is 16.6 Å². The van der Waals surface area contributed by atoms with Crippen molar-refractivity contribution in [2.75, 3.05) is 5.32 Å². The molecule has 2 nitrogen and oxygen atoms in total. The van der Waals surface area contributed by atoms with Gasteiger partial charge in [0.25, 0.3) is 0 Å². The number of thiophene rings is 1. The van der Waals surface area contributed by atoms with E-state index < -0.39 is 0 Å². The van der Waals surface area contributed by atoms with Crippen molar-refractivity contribution in [2.45, 2.75) is 19.4 Å². The summed E-state index contributed by atoms with van der Waals surface area (Å²) < 4.78 is 0.923. The van der Waals surface area contributed by atoms with Crippen LogP contribution >= 0.6 is 27.3 Å². The molecule has 1 aromatic carbocycles. The maximum absolute atomic E-state index is 8.93. The second-order valence-electron chi connectivity index (χ2n) is 4.22. The first kappa shape index (κ1) is 13.1. The zero-order chi connectivity index (χ0) is 13.0. The Labute approximate surface area is 119 Å². The highest BCUT2D eigenvalue weighted by Gasteiger charge is 2.05. The highest BCUT2D eigenvalue weighted by atomic mass is 79.9. The maximum atomic E-state index is 8.93. The fourth-order valence-electron chi connectivity index (χ4n) is 1.84. The largest absolute Gasteiger partial charge is 0.382 e. The summed E-state index contributed by atoms with van der Waals surface area (Å²) in [6.45, 7) is 2.14. The molecule has 1 aromatic heterocycles. The SMILES string of the molecule is CC(Cc1ccsc1)Nc1cc(Br)cc(C#N)c1. The first-order valence-corrected chi connectivity index (χ1v) is 7.39. The van der Waals surface area contributed by atoms with Crippen LogP contribution < -0.4 is 5.32 Å². The molecule has 0 spiro atoms. The van der Waals surface area contributed by atoms with E-state index >= 15 is 0 Å². The second kappa shape index (κ2) is 6.03. The molecule has 0 saturated heterocycles. The van der Waals surface area contributed by atoms with Gasteiger partial charge >= 0.3 is 0 Å². The molecule has 0 fully saturated rings. The van der Waals surface area contributed by atoms with E-state index in [9.17, 15) is 0 Å². The van der Waals surface area contributed by atoms with E-state index in [1.54, 1.807) is 11.3 Å². The highest BCUT2D eigenvalue weighted by Crippen LogP contribution is 2.20. The van der Waals surface area contributed by atoms with Crippen molar-refractivity contribution < 1.29 is 0 Å². The molecule has 1 unspecified atom stereocenters. The van der Waals surface area contributed by atoms with Gasteiger partial charge in [0.15, 0.2) is 0 Å². The first-order chi connectivity index (χ1) is 8.67. The average Bonchev–Trinajstić information content (AvgIpc) is 2.80. The lowest BCUT2D eigenvalue weighted by Crippen LogP contribution is -2.17. The van der Waals surface area contributed by atoms with Gasteiger partial charge in [0.1, 0.15) is 0 Å². The van der Waals surface area contributed by atoms with Gasteiger partial charge in [-0.3, -0.25) is 0 Å². The predicted octanol–water partition coefficient (Wildman–Crippen LogP) is 4.43. The van der Waals surface area contributed by atoms with Crippen LogP contribution in [0.5, 0.6) is 0 Å². The molecule has 0 aliphatic carbocycles. The molecule has 0 bridgehead atoms. The maximum Gasteiger partial charge on any atom is 0.0992 e. The minimum atomic E-state index is 0.334. The summed E-state index contributed by atoms with van der Waals surface area (Å²) >= 11 is 5.13. The van der Waals surface area contributed by atoms with Crippen LogP contribution in [0, 0.1) is 11.3 Å². The molecule has 1 heterocycles. The smallest absolute Gasteiger partial charge is 0.0992 e. The summed E-state index contributed by atoms with van der Waals surface area (Å²) in [5.41, 5.74) is 2.98. The zero-order valence-electron chi connectivity index (χ0n) is 9.98. The van der Waals surface area contributed by atoms with Crippen LogP contribution in [0.2, 0.25) is 0 Å². The van der Waals surface area contributed by atoms with Crippen LogP contribution in [-0.2, 0) is 6.42 Å². The molecule has 1 N–H and O–H groups in total. The Morgan fingerprint density at radius 3 is 2.94 bits per heavy atom. The summed E-state index contributed by atoms with van der Waals surface area (Å²) in [6.07, 6.45) is 0.984. The summed E-state index contributed by atoms with van der Waals surface area (Å²) in [6, 6.07) is 10.3. The van der Waals surface area contributed by atoms with E-state index in [0.29, 0.717) is 11.6 Å². The van der Waals surface area contributed by atoms with Crippen LogP contribution in [-0.4, -0.2) is 6.04 Å². The van der Waals surface area contributed by atoms with Gasteiger partial charge in [-0.25, -0.2) is 0 Å². The molecular weight excluding hydrogens is 308 g/mol. The van der Waals surface area contributed by atoms with Crippen LogP contribution in [0.25, 0.3) is 0 Å². The Hall–Kier alpha value is -1.31. The van der Waals surface area contributed by atoms with E-state index in [1.165, 1.54) is 5.56 Å². The van der Waals surface area contributed by atoms with Crippen LogP contribution in [0.3, 0.4) is 0 Å². The minimum absolute atomic E-state index is 0.334. The molecule has 0 saturated carbocycles. The normalized spacial score (nSPS) is 11.8. The zero-order valence-corrected chi connectivity index (χ0v) is 12.4. The first-order valence-electron chi connectivity index (χ1n) is 5.65. The van der Waals surface area contributed by atoms with Gasteiger partial charge in [-0.15, -0.1) is 0 Å². The van der Waals surface area contributed by atoms with Gasteiger partial charge in [-0.1, -0.05) is 15.9 Å². The average molecular weight is 321 g/mol. The monoisotopic (exact) mass is 320 g/mol. The van der Waals surface area contributed by atoms with E-state index in [1.807, 2.05) is 18.2 Å². The van der Waals surface area contributed by atoms with Crippen molar-refractivity contribution in [3.63, 3.8) is 0 Å². The Morgan fingerprint density at radius 2 is 2.28 bits per heavy atom. The number of rotatable bonds is 4. The fourth-order valence-corrected chi connectivity index (χ4v) is 3.01. The van der Waals surface area contributed by atoms with Crippen LogP contribution in [0.15, 0.2) is 39.5 Å². The number of nitriles is 1. The summed E-state index contributed by atoms with van der Waals surface area (Å²) in [5.74, 6) is 0. The second-order valence-corrected chi connectivity index (χ2v) is 5.92. The van der Waals surface area contributed by atoms with Crippen LogP contribution in [0.4, 0.5) is 5.69 Å². The number of hydrogen-bond donors (Lipinski definition) is 1. The van der Waals surface area contributed by atoms with E-state index in [2.05, 4.69) is 51.1 Å². The van der Waals surface area contributed by atoms with Gasteiger partial charge in [0.05, 0.1) is 11.6 Å². The quantitative estimate of drug-likeness (QED) is 0.904. The van der Waals surface area contributed by atoms with Crippen molar-refractivity contribution in [1.29, 1.82) is 5.26 Å². The molecule has 18 heavy (non-hydrogen) atoms. The molecular formula is C14H13BrN2S. The molecule has 0 aliphatic heterocycles. The third-order valence-corrected chi connectivity index (χ3v) is 3.75. The lowest BCUT2D eigenvalue weighted by atomic mass is 10.1. The van der Waals surface area contributed by atoms with Crippen molar-refractivity contribution in [3.8, 4) is 6.07 Å². The highest BCUT2D eigenvalue weighted by molar-refractivity contribution is 9.10. The van der Waals surface area contributed by atoms with Crippen LogP contribution in [0.1, 0.15) is 18.1 Å². The number of halogens is 1. The molecule has 0 radical (unpaired) electrons. The summed E-state index contributed by atoms with van der Waals surface area (Å²) in [5, 5.41) is 16.6. The summed E-state index contributed by atoms with van der Waals surface area (Å²) in [7, 11) is 0. The third-order valence-electron chi connectivity index (χ3n) is 2.56. The van der Waals surface area contributed by atoms with Gasteiger partial charge in [-0.2, -0.15) is 16.6 Å². The molecule has 0 amide bonds. The molecule has 2 rings (SSSR count). The lowest BCUT2D eigenvalue weighted by molar-refractivity contribution is 0.792. The van der Waals surface area contributed by atoms with Gasteiger partial charge in [0, 0.05) is 16.2 Å². The van der Waals surface area contributed by atoms with E-state index in [-0.39, 0.29) is 0 Å². The van der Waals surface area contributed by atoms with Gasteiger partial charge < -0.3 is 5.32 Å². The van der Waals surface area contributed by atoms with Gasteiger partial charge in [-0.05, 0) is 53.9 Å². The van der Waals surface area contributed by atoms with E-state index in [4.69, 9.17) is 5.26 Å². The number of nitrogens with one attached hydrogen (secondary N) is 1. The fraction of sp³-hybridized carbons (Fsp3) is 0.214. The number of nitrogens with zero attached hydrogens (tertiary/aromatic N) is 1.